The molecule has 0 N–H and O–H groups in total. The smallest absolute Gasteiger partial charge is 0.330 e. The molecule has 7 heteroatoms. The van der Waals surface area contributed by atoms with E-state index in [0.717, 1.165) is 17.0 Å². The van der Waals surface area contributed by atoms with Crippen LogP contribution in [0.1, 0.15) is 44.9 Å². The lowest BCUT2D eigenvalue weighted by atomic mass is 10.0. The second-order valence-corrected chi connectivity index (χ2v) is 6.75. The van der Waals surface area contributed by atoms with Crippen molar-refractivity contribution < 1.29 is 28.3 Å². The molecule has 1 heterocycles. The number of hydrogen-bond donors (Lipinski definition) is 0. The van der Waals surface area contributed by atoms with Crippen LogP contribution in [0, 0.1) is 11.7 Å². The van der Waals surface area contributed by atoms with Crippen LogP contribution in [0.2, 0.25) is 0 Å². The quantitative estimate of drug-likeness (QED) is 0.435. The SMILES string of the molecule is CC(C)[C@@H](C(=O)OCC(=O)c1ccc(F)cc1)N1C(=O)c2ccccc2C1=O. The van der Waals surface area contributed by atoms with Crippen LogP contribution in [-0.2, 0) is 9.53 Å². The maximum Gasteiger partial charge on any atom is 0.330 e. The third kappa shape index (κ3) is 3.55. The normalized spacial score (nSPS) is 14.2. The fourth-order valence-electron chi connectivity index (χ4n) is 3.08. The predicted octanol–water partition coefficient (Wildman–Crippen LogP) is 2.87. The first-order chi connectivity index (χ1) is 13.3. The Labute approximate surface area is 160 Å². The van der Waals surface area contributed by atoms with Crippen molar-refractivity contribution in [3.8, 4) is 0 Å². The number of carbonyl (C=O) groups excluding carboxylic acids is 4. The molecule has 0 fully saturated rings. The molecule has 2 aromatic rings. The third-order valence-electron chi connectivity index (χ3n) is 4.49. The van der Waals surface area contributed by atoms with Crippen LogP contribution in [0.25, 0.3) is 0 Å². The summed E-state index contributed by atoms with van der Waals surface area (Å²) in [5.41, 5.74) is 0.651. The maximum atomic E-state index is 13.0. The van der Waals surface area contributed by atoms with Gasteiger partial charge < -0.3 is 4.74 Å². The number of amides is 2. The number of benzene rings is 2. The van der Waals surface area contributed by atoms with Gasteiger partial charge in [-0.3, -0.25) is 19.3 Å². The van der Waals surface area contributed by atoms with E-state index in [1.807, 2.05) is 0 Å². The first-order valence-electron chi connectivity index (χ1n) is 8.73. The van der Waals surface area contributed by atoms with Gasteiger partial charge in [-0.05, 0) is 42.3 Å². The summed E-state index contributed by atoms with van der Waals surface area (Å²) in [7, 11) is 0. The molecule has 6 nitrogen and oxygen atoms in total. The standard InChI is InChI=1S/C21H18FNO5/c1-12(2)18(23-19(25)15-5-3-4-6-16(15)20(23)26)21(27)28-11-17(24)13-7-9-14(22)10-8-13/h3-10,12,18H,11H2,1-2H3/t18-/m0/s1. The summed E-state index contributed by atoms with van der Waals surface area (Å²) in [6.45, 7) is 2.78. The van der Waals surface area contributed by atoms with Crippen molar-refractivity contribution in [3.05, 3.63) is 71.0 Å². The minimum atomic E-state index is -1.16. The minimum Gasteiger partial charge on any atom is -0.456 e. The summed E-state index contributed by atoms with van der Waals surface area (Å²) in [5.74, 6) is -3.41. The number of nitrogens with zero attached hydrogens (tertiary/aromatic N) is 1. The monoisotopic (exact) mass is 383 g/mol. The van der Waals surface area contributed by atoms with Crippen molar-refractivity contribution in [1.82, 2.24) is 4.90 Å². The lowest BCUT2D eigenvalue weighted by molar-refractivity contribution is -0.148. The summed E-state index contributed by atoms with van der Waals surface area (Å²) >= 11 is 0. The molecule has 28 heavy (non-hydrogen) atoms. The van der Waals surface area contributed by atoms with Gasteiger partial charge in [0.2, 0.25) is 0 Å². The van der Waals surface area contributed by atoms with E-state index in [4.69, 9.17) is 4.74 Å². The average Bonchev–Trinajstić information content (AvgIpc) is 2.92. The Kier molecular flexibility index (Phi) is 5.35. The number of halogens is 1. The molecule has 144 valence electrons. The fraction of sp³-hybridized carbons (Fsp3) is 0.238. The van der Waals surface area contributed by atoms with E-state index in [9.17, 15) is 23.6 Å². The molecule has 0 spiro atoms. The van der Waals surface area contributed by atoms with E-state index in [1.54, 1.807) is 26.0 Å². The summed E-state index contributed by atoms with van der Waals surface area (Å²) in [6, 6.07) is 10.00. The molecule has 0 saturated carbocycles. The molecule has 1 aliphatic rings. The number of ether oxygens (including phenoxy) is 1. The lowest BCUT2D eigenvalue weighted by Crippen LogP contribution is -2.49. The Morgan fingerprint density at radius 3 is 2.00 bits per heavy atom. The molecule has 0 saturated heterocycles. The van der Waals surface area contributed by atoms with Gasteiger partial charge in [-0.15, -0.1) is 0 Å². The first-order valence-corrected chi connectivity index (χ1v) is 8.73. The van der Waals surface area contributed by atoms with E-state index < -0.39 is 48.0 Å². The predicted molar refractivity (Wildman–Crippen MR) is 97.3 cm³/mol. The van der Waals surface area contributed by atoms with Gasteiger partial charge in [0.15, 0.2) is 12.4 Å². The highest BCUT2D eigenvalue weighted by Crippen LogP contribution is 2.27. The highest BCUT2D eigenvalue weighted by Gasteiger charge is 2.44. The zero-order chi connectivity index (χ0) is 20.4. The van der Waals surface area contributed by atoms with Crippen molar-refractivity contribution in [2.75, 3.05) is 6.61 Å². The van der Waals surface area contributed by atoms with Crippen LogP contribution < -0.4 is 0 Å². The Hall–Kier alpha value is -3.35. The van der Waals surface area contributed by atoms with Gasteiger partial charge in [0.05, 0.1) is 11.1 Å². The van der Waals surface area contributed by atoms with E-state index in [-0.39, 0.29) is 16.7 Å². The van der Waals surface area contributed by atoms with E-state index >= 15 is 0 Å². The molecule has 1 atom stereocenters. The summed E-state index contributed by atoms with van der Waals surface area (Å²) in [4.78, 5) is 50.9. The van der Waals surface area contributed by atoms with Crippen LogP contribution in [0.4, 0.5) is 4.39 Å². The molecule has 0 unspecified atom stereocenters. The molecule has 0 bridgehead atoms. The minimum absolute atomic E-state index is 0.191. The number of ketones is 1. The highest BCUT2D eigenvalue weighted by molar-refractivity contribution is 6.22. The van der Waals surface area contributed by atoms with Gasteiger partial charge in [0.25, 0.3) is 11.8 Å². The summed E-state index contributed by atoms with van der Waals surface area (Å²) < 4.78 is 18.0. The number of hydrogen-bond acceptors (Lipinski definition) is 5. The van der Waals surface area contributed by atoms with Crippen LogP contribution in [0.15, 0.2) is 48.5 Å². The topological polar surface area (TPSA) is 80.8 Å². The molecule has 1 aliphatic heterocycles. The third-order valence-corrected chi connectivity index (χ3v) is 4.49. The van der Waals surface area contributed by atoms with Gasteiger partial charge in [0, 0.05) is 5.56 Å². The second kappa shape index (κ2) is 7.72. The Balaban J connectivity index is 1.75. The highest BCUT2D eigenvalue weighted by atomic mass is 19.1. The van der Waals surface area contributed by atoms with Crippen molar-refractivity contribution >= 4 is 23.6 Å². The van der Waals surface area contributed by atoms with Crippen LogP contribution >= 0.6 is 0 Å². The molecule has 0 radical (unpaired) electrons. The number of esters is 1. The number of fused-ring (bicyclic) bond motifs is 1. The maximum absolute atomic E-state index is 13.0. The van der Waals surface area contributed by atoms with Crippen molar-refractivity contribution in [2.45, 2.75) is 19.9 Å². The molecular formula is C21H18FNO5. The first kappa shape index (κ1) is 19.4. The van der Waals surface area contributed by atoms with Crippen molar-refractivity contribution in [3.63, 3.8) is 0 Å². The van der Waals surface area contributed by atoms with Crippen molar-refractivity contribution in [2.24, 2.45) is 5.92 Å². The Morgan fingerprint density at radius 1 is 0.964 bits per heavy atom. The van der Waals surface area contributed by atoms with Gasteiger partial charge in [-0.1, -0.05) is 26.0 Å². The van der Waals surface area contributed by atoms with Gasteiger partial charge in [0.1, 0.15) is 11.9 Å². The van der Waals surface area contributed by atoms with Crippen LogP contribution in [0.3, 0.4) is 0 Å². The Morgan fingerprint density at radius 2 is 1.50 bits per heavy atom. The zero-order valence-corrected chi connectivity index (χ0v) is 15.3. The van der Waals surface area contributed by atoms with Crippen LogP contribution in [-0.4, -0.2) is 41.1 Å². The van der Waals surface area contributed by atoms with E-state index in [0.29, 0.717) is 0 Å². The number of Topliss-reactive ketones (excluding diaryl/α,β-unsaturated/α-hetero) is 1. The molecule has 0 aliphatic carbocycles. The average molecular weight is 383 g/mol. The van der Waals surface area contributed by atoms with E-state index in [1.165, 1.54) is 24.3 Å². The number of imide groups is 1. The fourth-order valence-corrected chi connectivity index (χ4v) is 3.08. The van der Waals surface area contributed by atoms with Gasteiger partial charge in [-0.25, -0.2) is 9.18 Å². The Bertz CT molecular complexity index is 917. The van der Waals surface area contributed by atoms with Crippen LogP contribution in [0.5, 0.6) is 0 Å². The zero-order valence-electron chi connectivity index (χ0n) is 15.3. The number of rotatable bonds is 6. The molecule has 2 aromatic carbocycles. The summed E-state index contributed by atoms with van der Waals surface area (Å²) in [6.07, 6.45) is 0. The van der Waals surface area contributed by atoms with E-state index in [2.05, 4.69) is 0 Å². The molecule has 3 rings (SSSR count). The lowest BCUT2D eigenvalue weighted by Gasteiger charge is -2.27. The summed E-state index contributed by atoms with van der Waals surface area (Å²) in [5, 5.41) is 0. The number of carbonyl (C=O) groups is 4. The van der Waals surface area contributed by atoms with Gasteiger partial charge >= 0.3 is 5.97 Å². The molecule has 0 aromatic heterocycles. The molecular weight excluding hydrogens is 365 g/mol. The second-order valence-electron chi connectivity index (χ2n) is 6.75. The largest absolute Gasteiger partial charge is 0.456 e. The van der Waals surface area contributed by atoms with Crippen molar-refractivity contribution in [1.29, 1.82) is 0 Å². The van der Waals surface area contributed by atoms with Gasteiger partial charge in [-0.2, -0.15) is 0 Å². The molecule has 2 amide bonds.